The monoisotopic (exact) mass is 458 g/mol. The minimum Gasteiger partial charge on any atom is -0.497 e. The van der Waals surface area contributed by atoms with Gasteiger partial charge < -0.3 is 9.47 Å². The first kappa shape index (κ1) is 22.0. The Bertz CT molecular complexity index is 1270. The van der Waals surface area contributed by atoms with Gasteiger partial charge in [0.05, 0.1) is 31.6 Å². The van der Waals surface area contributed by atoms with Crippen molar-refractivity contribution in [3.8, 4) is 11.5 Å². The molecule has 2 aliphatic rings. The molecular formula is C27H26N2O5. The Morgan fingerprint density at radius 1 is 0.853 bits per heavy atom. The van der Waals surface area contributed by atoms with Gasteiger partial charge in [-0.25, -0.2) is 9.96 Å². The SMILES string of the molecule is COc1ccc([C@H]2[C@@H]3C(=O)N(c4cccc(C)c4)C(=O)[C@H]3ON2c2ccccc2C)c(OC)c1. The third kappa shape index (κ3) is 3.40. The van der Waals surface area contributed by atoms with Gasteiger partial charge in [0.15, 0.2) is 6.10 Å². The van der Waals surface area contributed by atoms with Gasteiger partial charge in [-0.15, -0.1) is 0 Å². The van der Waals surface area contributed by atoms with E-state index in [2.05, 4.69) is 0 Å². The number of hydroxylamine groups is 1. The molecule has 34 heavy (non-hydrogen) atoms. The van der Waals surface area contributed by atoms with Crippen LogP contribution in [0.25, 0.3) is 0 Å². The quantitative estimate of drug-likeness (QED) is 0.529. The highest BCUT2D eigenvalue weighted by molar-refractivity contribution is 6.24. The molecule has 2 fully saturated rings. The maximum atomic E-state index is 13.8. The lowest BCUT2D eigenvalue weighted by molar-refractivity contribution is -0.126. The Kier molecular flexibility index (Phi) is 5.49. The maximum Gasteiger partial charge on any atom is 0.266 e. The average Bonchev–Trinajstić information content (AvgIpc) is 3.34. The van der Waals surface area contributed by atoms with E-state index in [1.54, 1.807) is 31.4 Å². The number of hydrogen-bond donors (Lipinski definition) is 0. The van der Waals surface area contributed by atoms with Gasteiger partial charge >= 0.3 is 0 Å². The Balaban J connectivity index is 1.65. The maximum absolute atomic E-state index is 13.8. The van der Waals surface area contributed by atoms with E-state index in [-0.39, 0.29) is 11.8 Å². The van der Waals surface area contributed by atoms with Gasteiger partial charge in [0.25, 0.3) is 5.91 Å². The van der Waals surface area contributed by atoms with E-state index < -0.39 is 18.1 Å². The second-order valence-corrected chi connectivity index (χ2v) is 8.57. The normalized spacial score (nSPS) is 21.7. The summed E-state index contributed by atoms with van der Waals surface area (Å²) in [5, 5.41) is 1.69. The molecule has 7 heteroatoms. The number of benzene rings is 3. The summed E-state index contributed by atoms with van der Waals surface area (Å²) in [6.45, 7) is 3.90. The number of nitrogens with zero attached hydrogens (tertiary/aromatic N) is 2. The molecule has 2 amide bonds. The van der Waals surface area contributed by atoms with E-state index in [4.69, 9.17) is 14.3 Å². The van der Waals surface area contributed by atoms with Crippen molar-refractivity contribution in [1.29, 1.82) is 0 Å². The van der Waals surface area contributed by atoms with Crippen molar-refractivity contribution in [2.24, 2.45) is 5.92 Å². The van der Waals surface area contributed by atoms with Gasteiger partial charge in [-0.1, -0.05) is 30.3 Å². The predicted molar refractivity (Wildman–Crippen MR) is 128 cm³/mol. The molecule has 0 N–H and O–H groups in total. The van der Waals surface area contributed by atoms with Gasteiger partial charge in [-0.3, -0.25) is 14.4 Å². The number of amides is 2. The summed E-state index contributed by atoms with van der Waals surface area (Å²) in [4.78, 5) is 34.8. The van der Waals surface area contributed by atoms with Gasteiger partial charge in [0.2, 0.25) is 5.91 Å². The molecule has 0 radical (unpaired) electrons. The van der Waals surface area contributed by atoms with Crippen molar-refractivity contribution in [2.45, 2.75) is 26.0 Å². The topological polar surface area (TPSA) is 68.3 Å². The zero-order chi connectivity index (χ0) is 24.0. The van der Waals surface area contributed by atoms with Crippen molar-refractivity contribution in [3.63, 3.8) is 0 Å². The van der Waals surface area contributed by atoms with Crippen LogP contribution in [-0.4, -0.2) is 32.1 Å². The molecule has 7 nitrogen and oxygen atoms in total. The van der Waals surface area contributed by atoms with Crippen LogP contribution < -0.4 is 19.4 Å². The lowest BCUT2D eigenvalue weighted by atomic mass is 9.89. The molecule has 2 saturated heterocycles. The number of aryl methyl sites for hydroxylation is 2. The number of methoxy groups -OCH3 is 2. The summed E-state index contributed by atoms with van der Waals surface area (Å²) in [5.41, 5.74) is 4.02. The molecule has 2 aliphatic heterocycles. The molecule has 3 atom stereocenters. The second kappa shape index (κ2) is 8.50. The van der Waals surface area contributed by atoms with Crippen LogP contribution in [0.3, 0.4) is 0 Å². The summed E-state index contributed by atoms with van der Waals surface area (Å²) in [6, 6.07) is 20.0. The Hall–Kier alpha value is -3.84. The molecule has 0 spiro atoms. The second-order valence-electron chi connectivity index (χ2n) is 8.57. The highest BCUT2D eigenvalue weighted by Crippen LogP contribution is 2.50. The van der Waals surface area contributed by atoms with Crippen molar-refractivity contribution < 1.29 is 23.9 Å². The van der Waals surface area contributed by atoms with E-state index in [9.17, 15) is 9.59 Å². The largest absolute Gasteiger partial charge is 0.497 e. The fourth-order valence-electron chi connectivity index (χ4n) is 4.83. The van der Waals surface area contributed by atoms with Crippen LogP contribution >= 0.6 is 0 Å². The zero-order valence-corrected chi connectivity index (χ0v) is 19.5. The fraction of sp³-hybridized carbons (Fsp3) is 0.259. The first-order valence-electron chi connectivity index (χ1n) is 11.1. The number of rotatable bonds is 5. The summed E-state index contributed by atoms with van der Waals surface area (Å²) < 4.78 is 11.0. The third-order valence-electron chi connectivity index (χ3n) is 6.49. The fourth-order valence-corrected chi connectivity index (χ4v) is 4.83. The van der Waals surface area contributed by atoms with E-state index in [0.717, 1.165) is 22.4 Å². The molecule has 0 unspecified atom stereocenters. The number of fused-ring (bicyclic) bond motifs is 1. The number of imide groups is 1. The molecule has 3 aromatic carbocycles. The summed E-state index contributed by atoms with van der Waals surface area (Å²) in [7, 11) is 3.16. The third-order valence-corrected chi connectivity index (χ3v) is 6.49. The molecule has 2 heterocycles. The van der Waals surface area contributed by atoms with Crippen LogP contribution in [0.1, 0.15) is 22.7 Å². The number of carbonyl (C=O) groups is 2. The van der Waals surface area contributed by atoms with E-state index in [1.807, 2.05) is 68.4 Å². The molecule has 3 aromatic rings. The lowest BCUT2D eigenvalue weighted by Gasteiger charge is -2.30. The number of para-hydroxylation sites is 1. The molecule has 5 rings (SSSR count). The Morgan fingerprint density at radius 3 is 2.35 bits per heavy atom. The van der Waals surface area contributed by atoms with Crippen molar-refractivity contribution in [2.75, 3.05) is 24.2 Å². The number of hydrogen-bond acceptors (Lipinski definition) is 6. The summed E-state index contributed by atoms with van der Waals surface area (Å²) in [6.07, 6.45) is -0.940. The van der Waals surface area contributed by atoms with E-state index >= 15 is 0 Å². The summed E-state index contributed by atoms with van der Waals surface area (Å²) in [5.74, 6) is -0.209. The molecule has 0 saturated carbocycles. The van der Waals surface area contributed by atoms with Crippen LogP contribution in [0.4, 0.5) is 11.4 Å². The van der Waals surface area contributed by atoms with Crippen LogP contribution in [0.5, 0.6) is 11.5 Å². The number of carbonyl (C=O) groups excluding carboxylic acids is 2. The van der Waals surface area contributed by atoms with Crippen molar-refractivity contribution in [1.82, 2.24) is 0 Å². The first-order valence-corrected chi connectivity index (χ1v) is 11.1. The van der Waals surface area contributed by atoms with Gasteiger partial charge in [0.1, 0.15) is 17.4 Å². The van der Waals surface area contributed by atoms with Crippen LogP contribution in [-0.2, 0) is 14.4 Å². The molecule has 0 bridgehead atoms. The summed E-state index contributed by atoms with van der Waals surface area (Å²) >= 11 is 0. The van der Waals surface area contributed by atoms with Crippen molar-refractivity contribution in [3.05, 3.63) is 83.4 Å². The van der Waals surface area contributed by atoms with Gasteiger partial charge in [0, 0.05) is 11.6 Å². The lowest BCUT2D eigenvalue weighted by Crippen LogP contribution is -2.37. The number of anilines is 2. The predicted octanol–water partition coefficient (Wildman–Crippen LogP) is 4.37. The number of ether oxygens (including phenoxy) is 2. The average molecular weight is 459 g/mol. The smallest absolute Gasteiger partial charge is 0.266 e. The zero-order valence-electron chi connectivity index (χ0n) is 19.5. The van der Waals surface area contributed by atoms with Crippen molar-refractivity contribution >= 4 is 23.2 Å². The molecule has 0 aromatic heterocycles. The first-order chi connectivity index (χ1) is 16.4. The minimum absolute atomic E-state index is 0.292. The van der Waals surface area contributed by atoms with Crippen LogP contribution in [0.2, 0.25) is 0 Å². The van der Waals surface area contributed by atoms with Crippen LogP contribution in [0.15, 0.2) is 66.7 Å². The van der Waals surface area contributed by atoms with E-state index in [0.29, 0.717) is 17.2 Å². The molecule has 174 valence electrons. The van der Waals surface area contributed by atoms with E-state index in [1.165, 1.54) is 4.90 Å². The van der Waals surface area contributed by atoms with Gasteiger partial charge in [-0.05, 0) is 55.3 Å². The minimum atomic E-state index is -0.940. The standard InChI is InChI=1S/C27H26N2O5/c1-16-8-7-10-18(14-16)28-26(30)23-24(20-13-12-19(32-3)15-22(20)33-4)29(34-25(23)27(28)31)21-11-6-5-9-17(21)2/h5-15,23-25H,1-4H3/t23-,24-,25-/m0/s1. The highest BCUT2D eigenvalue weighted by Gasteiger charge is 2.60. The van der Waals surface area contributed by atoms with Crippen LogP contribution in [0, 0.1) is 19.8 Å². The Labute approximate surface area is 198 Å². The highest BCUT2D eigenvalue weighted by atomic mass is 16.7. The van der Waals surface area contributed by atoms with Gasteiger partial charge in [-0.2, -0.15) is 0 Å². The Morgan fingerprint density at radius 2 is 1.65 bits per heavy atom. The molecule has 0 aliphatic carbocycles. The molecular weight excluding hydrogens is 432 g/mol.